The van der Waals surface area contributed by atoms with Crippen LogP contribution in [0.2, 0.25) is 11.3 Å². The molecule has 0 fully saturated rings. The standard InChI is InChI=1S/C13H19BCl/c1-3-4-5-6-9-14-13-10-12(15)8-7-11(13)2/h7-8,10H,3-6,9H2,1-2H3. The van der Waals surface area contributed by atoms with Crippen molar-refractivity contribution in [3.63, 3.8) is 0 Å². The number of benzene rings is 1. The van der Waals surface area contributed by atoms with Gasteiger partial charge in [0.25, 0.3) is 0 Å². The molecule has 0 saturated carbocycles. The number of unbranched alkanes of at least 4 members (excludes halogenated alkanes) is 3. The van der Waals surface area contributed by atoms with Crippen LogP contribution < -0.4 is 5.46 Å². The fourth-order valence-electron chi connectivity index (χ4n) is 1.66. The molecule has 0 unspecified atom stereocenters. The number of rotatable bonds is 6. The van der Waals surface area contributed by atoms with Crippen LogP contribution in [0.15, 0.2) is 18.2 Å². The quantitative estimate of drug-likeness (QED) is 0.504. The molecule has 0 N–H and O–H groups in total. The highest BCUT2D eigenvalue weighted by atomic mass is 35.5. The van der Waals surface area contributed by atoms with E-state index in [4.69, 9.17) is 11.6 Å². The summed E-state index contributed by atoms with van der Waals surface area (Å²) in [5.74, 6) is 0. The van der Waals surface area contributed by atoms with Gasteiger partial charge < -0.3 is 0 Å². The van der Waals surface area contributed by atoms with Crippen LogP contribution in [0.3, 0.4) is 0 Å². The van der Waals surface area contributed by atoms with Gasteiger partial charge in [-0.2, -0.15) is 0 Å². The van der Waals surface area contributed by atoms with Crippen molar-refractivity contribution in [3.8, 4) is 0 Å². The minimum absolute atomic E-state index is 0.834. The summed E-state index contributed by atoms with van der Waals surface area (Å²) in [7, 11) is 2.30. The third kappa shape index (κ3) is 4.75. The van der Waals surface area contributed by atoms with E-state index in [0.29, 0.717) is 0 Å². The molecular weight excluding hydrogens is 202 g/mol. The predicted molar refractivity (Wildman–Crippen MR) is 70.5 cm³/mol. The predicted octanol–water partition coefficient (Wildman–Crippen LogP) is 3.98. The lowest BCUT2D eigenvalue weighted by Crippen LogP contribution is -2.16. The molecule has 2 heteroatoms. The van der Waals surface area contributed by atoms with Crippen molar-refractivity contribution in [1.82, 2.24) is 0 Å². The maximum atomic E-state index is 5.96. The Bertz CT molecular complexity index is 297. The van der Waals surface area contributed by atoms with Crippen molar-refractivity contribution in [2.75, 3.05) is 0 Å². The molecule has 0 saturated heterocycles. The second-order valence-corrected chi connectivity index (χ2v) is 4.49. The first-order chi connectivity index (χ1) is 7.24. The molecule has 15 heavy (non-hydrogen) atoms. The number of aryl methyl sites for hydroxylation is 1. The van der Waals surface area contributed by atoms with E-state index in [1.807, 2.05) is 6.07 Å². The zero-order chi connectivity index (χ0) is 11.1. The van der Waals surface area contributed by atoms with Gasteiger partial charge in [0.1, 0.15) is 0 Å². The molecule has 1 radical (unpaired) electrons. The average Bonchev–Trinajstić information content (AvgIpc) is 2.23. The van der Waals surface area contributed by atoms with Gasteiger partial charge in [0.2, 0.25) is 0 Å². The fraction of sp³-hybridized carbons (Fsp3) is 0.538. The summed E-state index contributed by atoms with van der Waals surface area (Å²) in [5, 5.41) is 0.834. The Morgan fingerprint density at radius 3 is 2.73 bits per heavy atom. The minimum Gasteiger partial charge on any atom is -0.0844 e. The SMILES string of the molecule is CCCCCC[B]c1cc(Cl)ccc1C. The highest BCUT2D eigenvalue weighted by Crippen LogP contribution is 2.08. The molecule has 0 heterocycles. The second kappa shape index (κ2) is 6.95. The summed E-state index contributed by atoms with van der Waals surface area (Å²) in [6.45, 7) is 4.37. The molecule has 0 aliphatic rings. The lowest BCUT2D eigenvalue weighted by Gasteiger charge is -2.05. The highest BCUT2D eigenvalue weighted by Gasteiger charge is 2.00. The maximum Gasteiger partial charge on any atom is 0.152 e. The van der Waals surface area contributed by atoms with Crippen molar-refractivity contribution in [2.45, 2.75) is 45.9 Å². The molecule has 0 spiro atoms. The number of hydrogen-bond acceptors (Lipinski definition) is 0. The van der Waals surface area contributed by atoms with Crippen LogP contribution >= 0.6 is 11.6 Å². The van der Waals surface area contributed by atoms with E-state index < -0.39 is 0 Å². The summed E-state index contributed by atoms with van der Waals surface area (Å²) in [5.41, 5.74) is 2.61. The molecular formula is C13H19BCl. The molecule has 81 valence electrons. The maximum absolute atomic E-state index is 5.96. The van der Waals surface area contributed by atoms with Crippen molar-refractivity contribution >= 4 is 24.3 Å². The van der Waals surface area contributed by atoms with Gasteiger partial charge in [0.15, 0.2) is 7.28 Å². The summed E-state index contributed by atoms with van der Waals surface area (Å²) in [6.07, 6.45) is 6.45. The summed E-state index contributed by atoms with van der Waals surface area (Å²) in [4.78, 5) is 0. The van der Waals surface area contributed by atoms with Crippen molar-refractivity contribution in [2.24, 2.45) is 0 Å². The third-order valence-electron chi connectivity index (χ3n) is 2.66. The van der Waals surface area contributed by atoms with Gasteiger partial charge >= 0.3 is 0 Å². The van der Waals surface area contributed by atoms with E-state index in [-0.39, 0.29) is 0 Å². The zero-order valence-corrected chi connectivity index (χ0v) is 10.5. The Balaban J connectivity index is 2.33. The minimum atomic E-state index is 0.834. The van der Waals surface area contributed by atoms with E-state index in [2.05, 4.69) is 33.3 Å². The third-order valence-corrected chi connectivity index (χ3v) is 2.90. The molecule has 1 rings (SSSR count). The second-order valence-electron chi connectivity index (χ2n) is 4.05. The van der Waals surface area contributed by atoms with Crippen LogP contribution in [0.25, 0.3) is 0 Å². The molecule has 0 atom stereocenters. The first kappa shape index (κ1) is 12.6. The molecule has 0 aromatic heterocycles. The Hall–Kier alpha value is -0.425. The van der Waals surface area contributed by atoms with Crippen LogP contribution in [-0.4, -0.2) is 7.28 Å². The van der Waals surface area contributed by atoms with Gasteiger partial charge in [-0.1, -0.05) is 67.6 Å². The van der Waals surface area contributed by atoms with Gasteiger partial charge in [-0.05, 0) is 19.1 Å². The molecule has 0 aliphatic heterocycles. The molecule has 0 amide bonds. The number of halogens is 1. The average molecular weight is 222 g/mol. The summed E-state index contributed by atoms with van der Waals surface area (Å²) < 4.78 is 0. The van der Waals surface area contributed by atoms with Crippen molar-refractivity contribution in [1.29, 1.82) is 0 Å². The number of hydrogen-bond donors (Lipinski definition) is 0. The summed E-state index contributed by atoms with van der Waals surface area (Å²) in [6, 6.07) is 6.09. The van der Waals surface area contributed by atoms with E-state index >= 15 is 0 Å². The zero-order valence-electron chi connectivity index (χ0n) is 9.72. The van der Waals surface area contributed by atoms with Crippen molar-refractivity contribution < 1.29 is 0 Å². The van der Waals surface area contributed by atoms with Gasteiger partial charge in [0, 0.05) is 5.02 Å². The topological polar surface area (TPSA) is 0 Å². The molecule has 0 bridgehead atoms. The highest BCUT2D eigenvalue weighted by molar-refractivity contribution is 6.54. The lowest BCUT2D eigenvalue weighted by molar-refractivity contribution is 0.701. The van der Waals surface area contributed by atoms with E-state index in [9.17, 15) is 0 Å². The van der Waals surface area contributed by atoms with E-state index in [0.717, 1.165) is 5.02 Å². The smallest absolute Gasteiger partial charge is 0.0844 e. The van der Waals surface area contributed by atoms with Crippen LogP contribution in [0.5, 0.6) is 0 Å². The first-order valence-corrected chi connectivity index (χ1v) is 6.21. The van der Waals surface area contributed by atoms with Gasteiger partial charge in [0.05, 0.1) is 0 Å². The van der Waals surface area contributed by atoms with Crippen molar-refractivity contribution in [3.05, 3.63) is 28.8 Å². The lowest BCUT2D eigenvalue weighted by atomic mass is 9.64. The first-order valence-electron chi connectivity index (χ1n) is 5.83. The van der Waals surface area contributed by atoms with Crippen LogP contribution in [0.4, 0.5) is 0 Å². The monoisotopic (exact) mass is 221 g/mol. The molecule has 0 aliphatic carbocycles. The Labute approximate surface area is 99.3 Å². The summed E-state index contributed by atoms with van der Waals surface area (Å²) >= 11 is 5.96. The van der Waals surface area contributed by atoms with E-state index in [1.165, 1.54) is 43.0 Å². The Kier molecular flexibility index (Phi) is 5.86. The Morgan fingerprint density at radius 2 is 2.00 bits per heavy atom. The van der Waals surface area contributed by atoms with Gasteiger partial charge in [-0.15, -0.1) is 0 Å². The normalized spacial score (nSPS) is 10.3. The Morgan fingerprint density at radius 1 is 1.20 bits per heavy atom. The van der Waals surface area contributed by atoms with Gasteiger partial charge in [-0.25, -0.2) is 0 Å². The molecule has 1 aromatic rings. The molecule has 1 aromatic carbocycles. The van der Waals surface area contributed by atoms with Crippen LogP contribution in [-0.2, 0) is 0 Å². The van der Waals surface area contributed by atoms with Crippen LogP contribution in [0, 0.1) is 6.92 Å². The van der Waals surface area contributed by atoms with Crippen LogP contribution in [0.1, 0.15) is 38.2 Å². The largest absolute Gasteiger partial charge is 0.152 e. The van der Waals surface area contributed by atoms with Gasteiger partial charge in [-0.3, -0.25) is 0 Å². The van der Waals surface area contributed by atoms with E-state index in [1.54, 1.807) is 0 Å². The fourth-order valence-corrected chi connectivity index (χ4v) is 1.84. The molecule has 0 nitrogen and oxygen atoms in total.